The zero-order valence-electron chi connectivity index (χ0n) is 15.1. The fraction of sp³-hybridized carbons (Fsp3) is 0.474. The Kier molecular flexibility index (Phi) is 4.19. The van der Waals surface area contributed by atoms with Crippen LogP contribution in [0, 0.1) is 11.8 Å². The topological polar surface area (TPSA) is 79.4 Å². The largest absolute Gasteiger partial charge is 0.393 e. The summed E-state index contributed by atoms with van der Waals surface area (Å²) in [5, 5.41) is 9.93. The van der Waals surface area contributed by atoms with Gasteiger partial charge in [-0.25, -0.2) is 28.7 Å². The normalized spacial score (nSPS) is 24.9. The molecule has 0 radical (unpaired) electrons. The molecule has 0 bridgehead atoms. The monoisotopic (exact) mass is 386 g/mol. The maximum absolute atomic E-state index is 13.0. The highest BCUT2D eigenvalue weighted by molar-refractivity contribution is 5.58. The molecule has 0 amide bonds. The number of alkyl halides is 2. The van der Waals surface area contributed by atoms with Gasteiger partial charge in [-0.3, -0.25) is 4.40 Å². The minimum atomic E-state index is -2.66. The lowest BCUT2D eigenvalue weighted by molar-refractivity contribution is 0.0867. The third kappa shape index (κ3) is 2.99. The predicted molar refractivity (Wildman–Crippen MR) is 98.0 cm³/mol. The molecule has 1 saturated carbocycles. The van der Waals surface area contributed by atoms with Crippen LogP contribution in [-0.2, 0) is 0 Å². The van der Waals surface area contributed by atoms with Gasteiger partial charge in [-0.1, -0.05) is 0 Å². The molecule has 5 rings (SSSR count). The van der Waals surface area contributed by atoms with Crippen molar-refractivity contribution in [3.8, 4) is 11.5 Å². The van der Waals surface area contributed by atoms with Gasteiger partial charge in [-0.05, 0) is 37.2 Å². The first-order valence-electron chi connectivity index (χ1n) is 9.46. The van der Waals surface area contributed by atoms with Crippen LogP contribution in [0.15, 0.2) is 30.9 Å². The van der Waals surface area contributed by atoms with Crippen molar-refractivity contribution in [2.75, 3.05) is 18.0 Å². The number of aliphatic hydroxyl groups is 1. The van der Waals surface area contributed by atoms with Crippen LogP contribution in [0.2, 0.25) is 0 Å². The molecular weight excluding hydrogens is 366 g/mol. The summed E-state index contributed by atoms with van der Waals surface area (Å²) in [6.07, 6.45) is 5.76. The number of aromatic nitrogens is 5. The minimum absolute atomic E-state index is 0.196. The highest BCUT2D eigenvalue weighted by Gasteiger charge is 2.37. The number of fused-ring (bicyclic) bond motifs is 2. The van der Waals surface area contributed by atoms with E-state index in [1.54, 1.807) is 16.8 Å². The maximum atomic E-state index is 13.0. The van der Waals surface area contributed by atoms with E-state index in [-0.39, 0.29) is 11.8 Å². The van der Waals surface area contributed by atoms with Gasteiger partial charge >= 0.3 is 0 Å². The van der Waals surface area contributed by atoms with Crippen LogP contribution in [0.4, 0.5) is 14.6 Å². The molecule has 2 fully saturated rings. The van der Waals surface area contributed by atoms with Crippen LogP contribution >= 0.6 is 0 Å². The molecular formula is C19H20F2N6O. The summed E-state index contributed by atoms with van der Waals surface area (Å²) in [6.45, 7) is 1.78. The number of imidazole rings is 1. The lowest BCUT2D eigenvalue weighted by Gasteiger charge is -2.27. The third-order valence-electron chi connectivity index (χ3n) is 5.86. The molecule has 3 atom stereocenters. The summed E-state index contributed by atoms with van der Waals surface area (Å²) in [7, 11) is 0. The van der Waals surface area contributed by atoms with Gasteiger partial charge in [0.05, 0.1) is 18.5 Å². The summed E-state index contributed by atoms with van der Waals surface area (Å²) in [6, 6.07) is 1.87. The van der Waals surface area contributed by atoms with Gasteiger partial charge < -0.3 is 10.0 Å². The second-order valence-electron chi connectivity index (χ2n) is 7.61. The number of hydrogen-bond donors (Lipinski definition) is 1. The Balaban J connectivity index is 1.47. The molecule has 7 nitrogen and oxygen atoms in total. The van der Waals surface area contributed by atoms with Crippen molar-refractivity contribution in [2.45, 2.75) is 31.8 Å². The molecule has 1 aliphatic carbocycles. The molecule has 1 aliphatic heterocycles. The van der Waals surface area contributed by atoms with E-state index in [4.69, 9.17) is 0 Å². The zero-order chi connectivity index (χ0) is 19.3. The molecule has 1 N–H and O–H groups in total. The van der Waals surface area contributed by atoms with Crippen molar-refractivity contribution in [3.63, 3.8) is 0 Å². The van der Waals surface area contributed by atoms with Crippen LogP contribution in [-0.4, -0.2) is 48.6 Å². The Hall–Kier alpha value is -2.68. The van der Waals surface area contributed by atoms with Crippen LogP contribution < -0.4 is 4.90 Å². The summed E-state index contributed by atoms with van der Waals surface area (Å²) in [5.74, 6) is 2.31. The van der Waals surface area contributed by atoms with Crippen LogP contribution in [0.3, 0.4) is 0 Å². The number of rotatable bonds is 3. The number of anilines is 1. The average Bonchev–Trinajstić information content (AvgIpc) is 3.31. The molecule has 146 valence electrons. The number of nitrogens with zero attached hydrogens (tertiary/aromatic N) is 6. The number of halogens is 2. The lowest BCUT2D eigenvalue weighted by Crippen LogP contribution is -2.26. The molecule has 3 aromatic rings. The van der Waals surface area contributed by atoms with E-state index in [9.17, 15) is 13.9 Å². The quantitative estimate of drug-likeness (QED) is 0.746. The van der Waals surface area contributed by atoms with Gasteiger partial charge in [0.2, 0.25) is 0 Å². The van der Waals surface area contributed by atoms with Crippen molar-refractivity contribution in [1.29, 1.82) is 0 Å². The van der Waals surface area contributed by atoms with Crippen molar-refractivity contribution in [1.82, 2.24) is 24.3 Å². The van der Waals surface area contributed by atoms with Crippen LogP contribution in [0.5, 0.6) is 0 Å². The standard InChI is InChI=1S/C19H20F2N6O/c20-18(21)14-10-27-15(6-24-17(27)7-23-14)19-22-4-3-16(25-19)26-8-11-1-2-13(28)5-12(11)9-26/h3-4,6-7,10-13,18,28H,1-2,5,8-9H2. The number of aliphatic hydroxyl groups excluding tert-OH is 1. The maximum Gasteiger partial charge on any atom is 0.281 e. The molecule has 3 unspecified atom stereocenters. The first-order valence-corrected chi connectivity index (χ1v) is 9.46. The molecule has 0 spiro atoms. The van der Waals surface area contributed by atoms with Crippen LogP contribution in [0.1, 0.15) is 31.4 Å². The average molecular weight is 386 g/mol. The van der Waals surface area contributed by atoms with Gasteiger partial charge in [0.25, 0.3) is 6.43 Å². The number of hydrogen-bond acceptors (Lipinski definition) is 6. The molecule has 9 heteroatoms. The van der Waals surface area contributed by atoms with Crippen molar-refractivity contribution in [2.24, 2.45) is 11.8 Å². The van der Waals surface area contributed by atoms with Crippen LogP contribution in [0.25, 0.3) is 17.2 Å². The van der Waals surface area contributed by atoms with E-state index >= 15 is 0 Å². The van der Waals surface area contributed by atoms with Gasteiger partial charge in [0.15, 0.2) is 11.5 Å². The highest BCUT2D eigenvalue weighted by Crippen LogP contribution is 2.38. The smallest absolute Gasteiger partial charge is 0.281 e. The summed E-state index contributed by atoms with van der Waals surface area (Å²) in [4.78, 5) is 19.2. The van der Waals surface area contributed by atoms with E-state index < -0.39 is 6.43 Å². The minimum Gasteiger partial charge on any atom is -0.393 e. The Labute approximate surface area is 160 Å². The van der Waals surface area contributed by atoms with E-state index in [0.717, 1.165) is 38.2 Å². The molecule has 2 aliphatic rings. The molecule has 1 saturated heterocycles. The Morgan fingerprint density at radius 2 is 1.93 bits per heavy atom. The summed E-state index contributed by atoms with van der Waals surface area (Å²) >= 11 is 0. The van der Waals surface area contributed by atoms with E-state index in [2.05, 4.69) is 24.8 Å². The second-order valence-corrected chi connectivity index (χ2v) is 7.61. The van der Waals surface area contributed by atoms with Gasteiger partial charge in [-0.2, -0.15) is 0 Å². The van der Waals surface area contributed by atoms with Gasteiger partial charge in [0, 0.05) is 25.5 Å². The zero-order valence-corrected chi connectivity index (χ0v) is 15.1. The summed E-state index contributed by atoms with van der Waals surface area (Å²) in [5.41, 5.74) is 0.702. The van der Waals surface area contributed by atoms with E-state index in [1.807, 2.05) is 6.07 Å². The SMILES string of the molecule is OC1CCC2CN(c3ccnc(-c4cnc5cnc(C(F)F)cn45)n3)CC2C1. The third-order valence-corrected chi connectivity index (χ3v) is 5.86. The lowest BCUT2D eigenvalue weighted by atomic mass is 9.80. The fourth-order valence-corrected chi connectivity index (χ4v) is 4.42. The Morgan fingerprint density at radius 1 is 1.07 bits per heavy atom. The highest BCUT2D eigenvalue weighted by atomic mass is 19.3. The van der Waals surface area contributed by atoms with Crippen molar-refractivity contribution in [3.05, 3.63) is 36.5 Å². The van der Waals surface area contributed by atoms with Gasteiger partial charge in [-0.15, -0.1) is 0 Å². The molecule has 3 aromatic heterocycles. The second kappa shape index (κ2) is 6.73. The van der Waals surface area contributed by atoms with E-state index in [1.165, 1.54) is 12.4 Å². The molecule has 28 heavy (non-hydrogen) atoms. The van der Waals surface area contributed by atoms with E-state index in [0.29, 0.717) is 29.0 Å². The van der Waals surface area contributed by atoms with Crippen molar-refractivity contribution < 1.29 is 13.9 Å². The molecule has 0 aromatic carbocycles. The summed E-state index contributed by atoms with van der Waals surface area (Å²) < 4.78 is 27.6. The van der Waals surface area contributed by atoms with Gasteiger partial charge in [0.1, 0.15) is 17.2 Å². The first-order chi connectivity index (χ1) is 13.6. The Morgan fingerprint density at radius 3 is 2.79 bits per heavy atom. The Bertz CT molecular complexity index is 1010. The predicted octanol–water partition coefficient (Wildman–Crippen LogP) is 2.72. The first kappa shape index (κ1) is 17.4. The molecule has 4 heterocycles. The van der Waals surface area contributed by atoms with Crippen molar-refractivity contribution >= 4 is 11.5 Å². The fourth-order valence-electron chi connectivity index (χ4n) is 4.42.